The Labute approximate surface area is 136 Å². The largest absolute Gasteiger partial charge is 0.426 e. The molecule has 1 rings (SSSR count). The maximum absolute atomic E-state index is 11.7. The second-order valence-corrected chi connectivity index (χ2v) is 8.51. The van der Waals surface area contributed by atoms with Crippen molar-refractivity contribution in [1.29, 1.82) is 0 Å². The Morgan fingerprint density at radius 2 is 1.59 bits per heavy atom. The highest BCUT2D eigenvalue weighted by atomic mass is 16.5. The second-order valence-electron chi connectivity index (χ2n) is 8.51. The average molecular weight is 304 g/mol. The normalized spacial score (nSPS) is 16.9. The van der Waals surface area contributed by atoms with Gasteiger partial charge in [-0.05, 0) is 48.2 Å². The Morgan fingerprint density at radius 3 is 1.95 bits per heavy atom. The van der Waals surface area contributed by atoms with Crippen LogP contribution in [0.5, 0.6) is 0 Å². The van der Waals surface area contributed by atoms with Gasteiger partial charge in [0.05, 0.1) is 0 Å². The maximum atomic E-state index is 11.7. The van der Waals surface area contributed by atoms with Crippen LogP contribution in [0.2, 0.25) is 0 Å². The molecule has 2 heteroatoms. The Morgan fingerprint density at radius 1 is 1.05 bits per heavy atom. The number of carbonyl (C=O) groups excluding carboxylic acids is 1. The van der Waals surface area contributed by atoms with Gasteiger partial charge in [0.15, 0.2) is 0 Å². The van der Waals surface area contributed by atoms with Crippen molar-refractivity contribution in [3.63, 3.8) is 0 Å². The first kappa shape index (κ1) is 18.7. The molecule has 0 aliphatic heterocycles. The van der Waals surface area contributed by atoms with Gasteiger partial charge < -0.3 is 4.74 Å². The van der Waals surface area contributed by atoms with Crippen LogP contribution in [0.25, 0.3) is 0 Å². The highest BCUT2D eigenvalue weighted by Crippen LogP contribution is 2.47. The molecule has 2 nitrogen and oxygen atoms in total. The van der Waals surface area contributed by atoms with Gasteiger partial charge in [-0.15, -0.1) is 0 Å². The molecule has 0 aromatic carbocycles. The number of hydrogen-bond donors (Lipinski definition) is 0. The van der Waals surface area contributed by atoms with E-state index in [4.69, 9.17) is 4.74 Å². The number of allylic oxidation sites excluding steroid dienone is 4. The molecule has 0 radical (unpaired) electrons. The molecule has 0 bridgehead atoms. The molecule has 0 saturated carbocycles. The Hall–Kier alpha value is -1.31. The van der Waals surface area contributed by atoms with E-state index in [1.54, 1.807) is 0 Å². The summed E-state index contributed by atoms with van der Waals surface area (Å²) in [6.07, 6.45) is 2.86. The van der Waals surface area contributed by atoms with Crippen molar-refractivity contribution in [2.45, 2.75) is 74.7 Å². The monoisotopic (exact) mass is 304 g/mol. The van der Waals surface area contributed by atoms with E-state index in [1.165, 1.54) is 23.6 Å². The van der Waals surface area contributed by atoms with Crippen molar-refractivity contribution in [2.24, 2.45) is 10.8 Å². The van der Waals surface area contributed by atoms with E-state index >= 15 is 0 Å². The first-order chi connectivity index (χ1) is 9.84. The summed E-state index contributed by atoms with van der Waals surface area (Å²) in [6, 6.07) is 0. The van der Waals surface area contributed by atoms with Crippen LogP contribution in [-0.4, -0.2) is 5.97 Å². The number of esters is 1. The van der Waals surface area contributed by atoms with E-state index < -0.39 is 0 Å². The molecule has 0 aromatic rings. The van der Waals surface area contributed by atoms with Gasteiger partial charge in [0.1, 0.15) is 5.76 Å². The zero-order valence-electron chi connectivity index (χ0n) is 15.6. The molecular weight excluding hydrogens is 272 g/mol. The fourth-order valence-corrected chi connectivity index (χ4v) is 3.21. The summed E-state index contributed by atoms with van der Waals surface area (Å²) < 4.78 is 5.73. The third-order valence-corrected chi connectivity index (χ3v) is 3.95. The first-order valence-electron chi connectivity index (χ1n) is 8.13. The van der Waals surface area contributed by atoms with E-state index in [2.05, 4.69) is 55.0 Å². The number of ether oxygens (including phenoxy) is 1. The van der Waals surface area contributed by atoms with Gasteiger partial charge in [-0.25, -0.2) is 0 Å². The summed E-state index contributed by atoms with van der Waals surface area (Å²) in [4.78, 5) is 11.7. The Balaban J connectivity index is 3.60. The summed E-state index contributed by atoms with van der Waals surface area (Å²) >= 11 is 0. The van der Waals surface area contributed by atoms with Crippen molar-refractivity contribution >= 4 is 5.97 Å². The van der Waals surface area contributed by atoms with Crippen LogP contribution in [0.1, 0.15) is 74.7 Å². The van der Waals surface area contributed by atoms with E-state index in [1.807, 2.05) is 0 Å². The fraction of sp³-hybridized carbons (Fsp3) is 0.650. The molecule has 0 amide bonds. The fourth-order valence-electron chi connectivity index (χ4n) is 3.21. The van der Waals surface area contributed by atoms with Crippen LogP contribution >= 0.6 is 0 Å². The molecule has 0 saturated heterocycles. The van der Waals surface area contributed by atoms with Gasteiger partial charge in [0, 0.05) is 6.92 Å². The van der Waals surface area contributed by atoms with E-state index in [0.29, 0.717) is 0 Å². The summed E-state index contributed by atoms with van der Waals surface area (Å²) in [5.41, 5.74) is 4.89. The summed E-state index contributed by atoms with van der Waals surface area (Å²) in [7, 11) is 0. The molecule has 0 atom stereocenters. The van der Waals surface area contributed by atoms with E-state index in [9.17, 15) is 4.79 Å². The van der Waals surface area contributed by atoms with Gasteiger partial charge in [0.2, 0.25) is 0 Å². The minimum atomic E-state index is -0.241. The molecule has 0 unspecified atom stereocenters. The molecular formula is C20H32O2. The minimum Gasteiger partial charge on any atom is -0.426 e. The van der Waals surface area contributed by atoms with Crippen molar-refractivity contribution in [3.8, 4) is 0 Å². The lowest BCUT2D eigenvalue weighted by molar-refractivity contribution is -0.136. The van der Waals surface area contributed by atoms with Crippen molar-refractivity contribution in [1.82, 2.24) is 0 Å². The highest BCUT2D eigenvalue weighted by molar-refractivity contribution is 5.69. The smallest absolute Gasteiger partial charge is 0.308 e. The van der Waals surface area contributed by atoms with Gasteiger partial charge in [-0.1, -0.05) is 59.3 Å². The van der Waals surface area contributed by atoms with Crippen LogP contribution in [0.4, 0.5) is 0 Å². The van der Waals surface area contributed by atoms with Gasteiger partial charge in [-0.2, -0.15) is 0 Å². The van der Waals surface area contributed by atoms with Gasteiger partial charge in [0.25, 0.3) is 0 Å². The van der Waals surface area contributed by atoms with E-state index in [0.717, 1.165) is 30.6 Å². The lowest BCUT2D eigenvalue weighted by atomic mass is 9.70. The Bertz CT molecular complexity index is 531. The van der Waals surface area contributed by atoms with Gasteiger partial charge >= 0.3 is 5.97 Å². The third kappa shape index (κ3) is 4.59. The molecule has 1 aliphatic rings. The SMILES string of the molecule is C=C(C)CC1=C(C(C)(C)C)C(OC(C)=O)=C(C(C)(C)C)CC1. The van der Waals surface area contributed by atoms with Crippen LogP contribution in [-0.2, 0) is 9.53 Å². The number of rotatable bonds is 3. The lowest BCUT2D eigenvalue weighted by Crippen LogP contribution is -2.25. The zero-order valence-corrected chi connectivity index (χ0v) is 15.6. The molecule has 0 N–H and O–H groups in total. The van der Waals surface area contributed by atoms with Crippen LogP contribution in [0.3, 0.4) is 0 Å². The quantitative estimate of drug-likeness (QED) is 0.475. The van der Waals surface area contributed by atoms with Crippen LogP contribution in [0.15, 0.2) is 34.6 Å². The molecule has 0 heterocycles. The predicted molar refractivity (Wildman–Crippen MR) is 93.4 cm³/mol. The molecule has 0 aromatic heterocycles. The maximum Gasteiger partial charge on any atom is 0.308 e. The average Bonchev–Trinajstić information content (AvgIpc) is 2.23. The Kier molecular flexibility index (Phi) is 5.48. The number of carbonyl (C=O) groups is 1. The predicted octanol–water partition coefficient (Wildman–Crippen LogP) is 5.95. The summed E-state index contributed by atoms with van der Waals surface area (Å²) in [6.45, 7) is 20.7. The topological polar surface area (TPSA) is 26.3 Å². The summed E-state index contributed by atoms with van der Waals surface area (Å²) in [5.74, 6) is 0.574. The molecule has 1 aliphatic carbocycles. The molecule has 0 fully saturated rings. The molecule has 0 spiro atoms. The highest BCUT2D eigenvalue weighted by Gasteiger charge is 2.35. The summed E-state index contributed by atoms with van der Waals surface area (Å²) in [5, 5.41) is 0. The van der Waals surface area contributed by atoms with E-state index in [-0.39, 0.29) is 16.8 Å². The second kappa shape index (κ2) is 6.44. The van der Waals surface area contributed by atoms with Crippen molar-refractivity contribution < 1.29 is 9.53 Å². The van der Waals surface area contributed by atoms with Gasteiger partial charge in [-0.3, -0.25) is 4.79 Å². The first-order valence-corrected chi connectivity index (χ1v) is 8.13. The number of hydrogen-bond acceptors (Lipinski definition) is 2. The standard InChI is InChI=1S/C20H32O2/c1-13(2)12-15-10-11-16(19(4,5)6)18(22-14(3)21)17(15)20(7,8)9/h1,10-12H2,2-9H3. The van der Waals surface area contributed by atoms with Crippen molar-refractivity contribution in [2.75, 3.05) is 0 Å². The van der Waals surface area contributed by atoms with Crippen LogP contribution < -0.4 is 0 Å². The molecule has 124 valence electrons. The zero-order chi connectivity index (χ0) is 17.3. The third-order valence-electron chi connectivity index (χ3n) is 3.95. The lowest BCUT2D eigenvalue weighted by Gasteiger charge is -2.37. The molecule has 22 heavy (non-hydrogen) atoms. The minimum absolute atomic E-state index is 0.00393. The van der Waals surface area contributed by atoms with Crippen molar-refractivity contribution in [3.05, 3.63) is 34.6 Å². The van der Waals surface area contributed by atoms with Crippen LogP contribution in [0, 0.1) is 10.8 Å².